The molecule has 1 aliphatic carbocycles. The lowest BCUT2D eigenvalue weighted by molar-refractivity contribution is 0.0462. The summed E-state index contributed by atoms with van der Waals surface area (Å²) in [5.74, 6) is 0.437. The van der Waals surface area contributed by atoms with Crippen LogP contribution in [0.5, 0.6) is 0 Å². The number of fused-ring (bicyclic) bond motifs is 3. The minimum atomic E-state index is -0.456. The Morgan fingerprint density at radius 1 is 1.17 bits per heavy atom. The van der Waals surface area contributed by atoms with Gasteiger partial charge in [0.2, 0.25) is 0 Å². The minimum absolute atomic E-state index is 0.0224. The first kappa shape index (κ1) is 18.7. The number of rotatable bonds is 5. The number of nitrogens with zero attached hydrogens (tertiary/aromatic N) is 4. The number of aryl methyl sites for hydroxylation is 2. The van der Waals surface area contributed by atoms with E-state index in [0.717, 1.165) is 28.6 Å². The summed E-state index contributed by atoms with van der Waals surface area (Å²) in [6.45, 7) is 0.568. The first-order chi connectivity index (χ1) is 14.7. The summed E-state index contributed by atoms with van der Waals surface area (Å²) in [6.07, 6.45) is 7.68. The van der Waals surface area contributed by atoms with Crippen LogP contribution in [-0.4, -0.2) is 25.7 Å². The monoisotopic (exact) mass is 419 g/mol. The van der Waals surface area contributed by atoms with E-state index < -0.39 is 5.97 Å². The molecule has 0 unspecified atom stereocenters. The number of nitrogen functional groups attached to an aromatic ring is 1. The van der Waals surface area contributed by atoms with Crippen molar-refractivity contribution in [2.24, 2.45) is 0 Å². The van der Waals surface area contributed by atoms with E-state index in [9.17, 15) is 4.79 Å². The first-order valence-corrected chi connectivity index (χ1v) is 10.8. The van der Waals surface area contributed by atoms with Crippen LogP contribution < -0.4 is 5.73 Å². The number of ether oxygens (including phenoxy) is 1. The Morgan fingerprint density at radius 2 is 2.00 bits per heavy atom. The van der Waals surface area contributed by atoms with Crippen LogP contribution in [0.25, 0.3) is 10.2 Å². The second-order valence-corrected chi connectivity index (χ2v) is 8.49. The largest absolute Gasteiger partial charge is 0.454 e. The van der Waals surface area contributed by atoms with Gasteiger partial charge in [0.05, 0.1) is 23.7 Å². The van der Waals surface area contributed by atoms with Crippen LogP contribution in [0.1, 0.15) is 45.0 Å². The summed E-state index contributed by atoms with van der Waals surface area (Å²) < 4.78 is 7.13. The molecule has 1 aliphatic rings. The molecule has 0 amide bonds. The molecule has 3 aromatic heterocycles. The number of hydrogen-bond donors (Lipinski definition) is 1. The molecule has 7 nitrogen and oxygen atoms in total. The maximum Gasteiger partial charge on any atom is 0.341 e. The van der Waals surface area contributed by atoms with Gasteiger partial charge in [-0.2, -0.15) is 5.10 Å². The Hall–Kier alpha value is -3.26. The molecule has 0 spiro atoms. The van der Waals surface area contributed by atoms with Crippen LogP contribution in [0, 0.1) is 0 Å². The second kappa shape index (κ2) is 7.87. The molecule has 3 heterocycles. The van der Waals surface area contributed by atoms with Crippen LogP contribution in [0.2, 0.25) is 0 Å². The molecule has 30 heavy (non-hydrogen) atoms. The van der Waals surface area contributed by atoms with Crippen molar-refractivity contribution >= 4 is 33.3 Å². The zero-order valence-corrected chi connectivity index (χ0v) is 17.2. The van der Waals surface area contributed by atoms with Crippen molar-refractivity contribution < 1.29 is 9.53 Å². The second-order valence-electron chi connectivity index (χ2n) is 7.40. The van der Waals surface area contributed by atoms with Gasteiger partial charge in [-0.25, -0.2) is 14.8 Å². The molecule has 0 atom stereocenters. The third-order valence-corrected chi connectivity index (χ3v) is 6.46. The molecule has 0 saturated carbocycles. The minimum Gasteiger partial charge on any atom is -0.454 e. The normalized spacial score (nSPS) is 13.3. The van der Waals surface area contributed by atoms with Crippen molar-refractivity contribution in [3.63, 3.8) is 0 Å². The Balaban J connectivity index is 1.28. The van der Waals surface area contributed by atoms with Crippen molar-refractivity contribution in [3.8, 4) is 0 Å². The van der Waals surface area contributed by atoms with E-state index in [0.29, 0.717) is 23.8 Å². The number of anilines is 1. The zero-order valence-electron chi connectivity index (χ0n) is 16.4. The van der Waals surface area contributed by atoms with E-state index in [-0.39, 0.29) is 6.61 Å². The third-order valence-electron chi connectivity index (χ3n) is 5.28. The van der Waals surface area contributed by atoms with Gasteiger partial charge in [0.25, 0.3) is 0 Å². The Kier molecular flexibility index (Phi) is 4.92. The van der Waals surface area contributed by atoms with Gasteiger partial charge >= 0.3 is 5.97 Å². The first-order valence-electron chi connectivity index (χ1n) is 9.97. The van der Waals surface area contributed by atoms with Gasteiger partial charge in [0.15, 0.2) is 12.4 Å². The molecule has 8 heteroatoms. The van der Waals surface area contributed by atoms with Crippen molar-refractivity contribution in [1.29, 1.82) is 0 Å². The van der Waals surface area contributed by atoms with E-state index in [1.54, 1.807) is 22.2 Å². The van der Waals surface area contributed by atoms with E-state index in [1.807, 2.05) is 30.3 Å². The summed E-state index contributed by atoms with van der Waals surface area (Å²) in [6, 6.07) is 9.94. The molecule has 152 valence electrons. The summed E-state index contributed by atoms with van der Waals surface area (Å²) in [7, 11) is 0. The molecule has 0 fully saturated rings. The highest BCUT2D eigenvalue weighted by Crippen LogP contribution is 2.37. The van der Waals surface area contributed by atoms with Crippen LogP contribution in [-0.2, 0) is 30.7 Å². The number of nitrogens with two attached hydrogens (primary N) is 1. The molecular formula is C22H21N5O2S. The highest BCUT2D eigenvalue weighted by atomic mass is 32.1. The van der Waals surface area contributed by atoms with Crippen LogP contribution in [0.3, 0.4) is 0 Å². The molecular weight excluding hydrogens is 398 g/mol. The summed E-state index contributed by atoms with van der Waals surface area (Å²) in [5.41, 5.74) is 9.02. The van der Waals surface area contributed by atoms with Crippen molar-refractivity contribution in [1.82, 2.24) is 19.7 Å². The maximum atomic E-state index is 12.4. The molecule has 0 aliphatic heterocycles. The predicted octanol–water partition coefficient (Wildman–Crippen LogP) is 3.75. The number of thiophene rings is 1. The summed E-state index contributed by atoms with van der Waals surface area (Å²) in [5, 5.41) is 5.22. The summed E-state index contributed by atoms with van der Waals surface area (Å²) >= 11 is 1.68. The highest BCUT2D eigenvalue weighted by molar-refractivity contribution is 7.19. The van der Waals surface area contributed by atoms with Gasteiger partial charge in [-0.3, -0.25) is 4.68 Å². The number of aromatic nitrogens is 4. The van der Waals surface area contributed by atoms with E-state index in [4.69, 9.17) is 10.5 Å². The van der Waals surface area contributed by atoms with Gasteiger partial charge in [-0.05, 0) is 36.8 Å². The molecule has 5 rings (SSSR count). The molecule has 0 saturated heterocycles. The Labute approximate surface area is 177 Å². The summed E-state index contributed by atoms with van der Waals surface area (Å²) in [4.78, 5) is 23.7. The van der Waals surface area contributed by atoms with E-state index >= 15 is 0 Å². The SMILES string of the molecule is Nc1nc(COC(=O)c2cnn(Cc3ccccc3)c2)nc2sc3c(c12)CCCC3. The fourth-order valence-corrected chi connectivity index (χ4v) is 5.12. The van der Waals surface area contributed by atoms with Gasteiger partial charge in [0.1, 0.15) is 10.6 Å². The number of hydrogen-bond acceptors (Lipinski definition) is 7. The van der Waals surface area contributed by atoms with Crippen LogP contribution >= 0.6 is 11.3 Å². The van der Waals surface area contributed by atoms with E-state index in [2.05, 4.69) is 15.1 Å². The Morgan fingerprint density at radius 3 is 2.87 bits per heavy atom. The quantitative estimate of drug-likeness (QED) is 0.495. The fourth-order valence-electron chi connectivity index (χ4n) is 3.84. The third kappa shape index (κ3) is 3.66. The predicted molar refractivity (Wildman–Crippen MR) is 115 cm³/mol. The highest BCUT2D eigenvalue weighted by Gasteiger charge is 2.20. The van der Waals surface area contributed by atoms with Crippen LogP contribution in [0.4, 0.5) is 5.82 Å². The average molecular weight is 420 g/mol. The lowest BCUT2D eigenvalue weighted by Gasteiger charge is -2.10. The topological polar surface area (TPSA) is 95.9 Å². The van der Waals surface area contributed by atoms with Gasteiger partial charge in [-0.1, -0.05) is 30.3 Å². The lowest BCUT2D eigenvalue weighted by atomic mass is 9.97. The average Bonchev–Trinajstić information content (AvgIpc) is 3.37. The van der Waals surface area contributed by atoms with Crippen molar-refractivity contribution in [2.75, 3.05) is 5.73 Å². The number of esters is 1. The van der Waals surface area contributed by atoms with Crippen LogP contribution in [0.15, 0.2) is 42.7 Å². The standard InChI is InChI=1S/C22H21N5O2S/c23-20-19-16-8-4-5-9-17(16)30-21(19)26-18(25-20)13-29-22(28)15-10-24-27(12-15)11-14-6-2-1-3-7-14/h1-3,6-7,10,12H,4-5,8-9,11,13H2,(H2,23,25,26). The fraction of sp³-hybridized carbons (Fsp3) is 0.273. The number of carbonyl (C=O) groups excluding carboxylic acids is 1. The molecule has 0 radical (unpaired) electrons. The van der Waals surface area contributed by atoms with Crippen molar-refractivity contribution in [3.05, 3.63) is 70.1 Å². The number of benzene rings is 1. The Bertz CT molecular complexity index is 1220. The van der Waals surface area contributed by atoms with Crippen molar-refractivity contribution in [2.45, 2.75) is 38.8 Å². The molecule has 2 N–H and O–H groups in total. The molecule has 4 aromatic rings. The molecule has 1 aromatic carbocycles. The zero-order chi connectivity index (χ0) is 20.5. The van der Waals surface area contributed by atoms with Gasteiger partial charge in [-0.15, -0.1) is 11.3 Å². The van der Waals surface area contributed by atoms with Gasteiger partial charge < -0.3 is 10.5 Å². The maximum absolute atomic E-state index is 12.4. The number of carbonyl (C=O) groups is 1. The van der Waals surface area contributed by atoms with Gasteiger partial charge in [0, 0.05) is 11.1 Å². The smallest absolute Gasteiger partial charge is 0.341 e. The lowest BCUT2D eigenvalue weighted by Crippen LogP contribution is -2.08. The van der Waals surface area contributed by atoms with E-state index in [1.165, 1.54) is 29.5 Å². The molecule has 0 bridgehead atoms.